The molecule has 3 rings (SSSR count). The standard InChI is InChI=1S/C15H21N3O2/c1-2-19-12-4-3-7-18(9-12)10-15-17-13-6-5-11(16)8-14(13)20-15/h5-6,8,12H,2-4,7,9-10,16H2,1H3. The summed E-state index contributed by atoms with van der Waals surface area (Å²) in [4.78, 5) is 6.86. The van der Waals surface area contributed by atoms with E-state index < -0.39 is 0 Å². The number of piperidine rings is 1. The van der Waals surface area contributed by atoms with Gasteiger partial charge in [-0.15, -0.1) is 0 Å². The Morgan fingerprint density at radius 3 is 3.25 bits per heavy atom. The summed E-state index contributed by atoms with van der Waals surface area (Å²) in [5.41, 5.74) is 8.09. The van der Waals surface area contributed by atoms with Crippen molar-refractivity contribution in [3.8, 4) is 0 Å². The minimum absolute atomic E-state index is 0.341. The van der Waals surface area contributed by atoms with Crippen LogP contribution < -0.4 is 5.73 Å². The van der Waals surface area contributed by atoms with Gasteiger partial charge < -0.3 is 14.9 Å². The molecule has 2 N–H and O–H groups in total. The number of rotatable bonds is 4. The Morgan fingerprint density at radius 1 is 1.50 bits per heavy atom. The average Bonchev–Trinajstić information content (AvgIpc) is 2.81. The van der Waals surface area contributed by atoms with E-state index in [0.717, 1.165) is 56.1 Å². The van der Waals surface area contributed by atoms with Crippen molar-refractivity contribution >= 4 is 16.8 Å². The van der Waals surface area contributed by atoms with Crippen molar-refractivity contribution in [2.45, 2.75) is 32.4 Å². The Labute approximate surface area is 118 Å². The topological polar surface area (TPSA) is 64.5 Å². The van der Waals surface area contributed by atoms with Crippen LogP contribution in [0.4, 0.5) is 5.69 Å². The minimum atomic E-state index is 0.341. The number of benzene rings is 1. The molecule has 5 nitrogen and oxygen atoms in total. The molecule has 1 unspecified atom stereocenters. The van der Waals surface area contributed by atoms with Gasteiger partial charge in [0.05, 0.1) is 12.6 Å². The number of hydrogen-bond donors (Lipinski definition) is 1. The van der Waals surface area contributed by atoms with Crippen LogP contribution >= 0.6 is 0 Å². The zero-order valence-electron chi connectivity index (χ0n) is 11.8. The van der Waals surface area contributed by atoms with E-state index in [1.54, 1.807) is 0 Å². The number of ether oxygens (including phenoxy) is 1. The maximum atomic E-state index is 5.77. The van der Waals surface area contributed by atoms with Crippen molar-refractivity contribution in [3.63, 3.8) is 0 Å². The number of aromatic nitrogens is 1. The van der Waals surface area contributed by atoms with Crippen molar-refractivity contribution in [3.05, 3.63) is 24.1 Å². The molecule has 1 aromatic carbocycles. The largest absolute Gasteiger partial charge is 0.439 e. The Morgan fingerprint density at radius 2 is 2.40 bits per heavy atom. The molecule has 20 heavy (non-hydrogen) atoms. The molecule has 2 heterocycles. The summed E-state index contributed by atoms with van der Waals surface area (Å²) >= 11 is 0. The number of hydrogen-bond acceptors (Lipinski definition) is 5. The van der Waals surface area contributed by atoms with Crippen LogP contribution in [0.3, 0.4) is 0 Å². The van der Waals surface area contributed by atoms with Gasteiger partial charge in [0, 0.05) is 24.9 Å². The van der Waals surface area contributed by atoms with Gasteiger partial charge >= 0.3 is 0 Å². The van der Waals surface area contributed by atoms with Crippen molar-refractivity contribution in [2.24, 2.45) is 0 Å². The molecule has 108 valence electrons. The molecule has 0 spiro atoms. The molecule has 1 aromatic heterocycles. The second-order valence-corrected chi connectivity index (χ2v) is 5.29. The molecule has 0 aliphatic carbocycles. The van der Waals surface area contributed by atoms with E-state index in [2.05, 4.69) is 9.88 Å². The molecular weight excluding hydrogens is 254 g/mol. The molecule has 1 saturated heterocycles. The summed E-state index contributed by atoms with van der Waals surface area (Å²) < 4.78 is 11.5. The lowest BCUT2D eigenvalue weighted by molar-refractivity contribution is 0.00169. The fraction of sp³-hybridized carbons (Fsp3) is 0.533. The van der Waals surface area contributed by atoms with E-state index in [1.165, 1.54) is 0 Å². The molecule has 1 fully saturated rings. The van der Waals surface area contributed by atoms with E-state index in [0.29, 0.717) is 11.8 Å². The molecule has 1 atom stereocenters. The second-order valence-electron chi connectivity index (χ2n) is 5.29. The number of nitrogens with zero attached hydrogens (tertiary/aromatic N) is 2. The Bertz CT molecular complexity index is 580. The van der Waals surface area contributed by atoms with Gasteiger partial charge in [-0.25, -0.2) is 4.98 Å². The first kappa shape index (κ1) is 13.4. The fourth-order valence-corrected chi connectivity index (χ4v) is 2.78. The smallest absolute Gasteiger partial charge is 0.209 e. The van der Waals surface area contributed by atoms with Gasteiger partial charge in [0.1, 0.15) is 5.52 Å². The summed E-state index contributed by atoms with van der Waals surface area (Å²) in [6.45, 7) is 5.59. The van der Waals surface area contributed by atoms with Crippen LogP contribution in [0.15, 0.2) is 22.6 Å². The highest BCUT2D eigenvalue weighted by Crippen LogP contribution is 2.21. The fourth-order valence-electron chi connectivity index (χ4n) is 2.78. The van der Waals surface area contributed by atoms with Gasteiger partial charge in [0.25, 0.3) is 0 Å². The van der Waals surface area contributed by atoms with Gasteiger partial charge in [0.2, 0.25) is 5.89 Å². The van der Waals surface area contributed by atoms with Crippen LogP contribution in [0.5, 0.6) is 0 Å². The van der Waals surface area contributed by atoms with Crippen molar-refractivity contribution in [1.82, 2.24) is 9.88 Å². The summed E-state index contributed by atoms with van der Waals surface area (Å²) in [7, 11) is 0. The summed E-state index contributed by atoms with van der Waals surface area (Å²) in [6.07, 6.45) is 2.65. The number of nitrogens with two attached hydrogens (primary N) is 1. The number of anilines is 1. The van der Waals surface area contributed by atoms with Gasteiger partial charge in [-0.2, -0.15) is 0 Å². The lowest BCUT2D eigenvalue weighted by Crippen LogP contribution is -2.39. The highest BCUT2D eigenvalue weighted by atomic mass is 16.5. The van der Waals surface area contributed by atoms with Crippen LogP contribution in [-0.4, -0.2) is 35.7 Å². The van der Waals surface area contributed by atoms with Crippen molar-refractivity contribution in [2.75, 3.05) is 25.4 Å². The van der Waals surface area contributed by atoms with E-state index in [1.807, 2.05) is 25.1 Å². The maximum Gasteiger partial charge on any atom is 0.209 e. The number of oxazole rings is 1. The third-order valence-corrected chi connectivity index (χ3v) is 3.68. The third-order valence-electron chi connectivity index (χ3n) is 3.68. The predicted molar refractivity (Wildman–Crippen MR) is 78.3 cm³/mol. The number of fused-ring (bicyclic) bond motifs is 1. The van der Waals surface area contributed by atoms with E-state index in [-0.39, 0.29) is 0 Å². The molecule has 0 radical (unpaired) electrons. The maximum absolute atomic E-state index is 5.77. The van der Waals surface area contributed by atoms with E-state index >= 15 is 0 Å². The monoisotopic (exact) mass is 275 g/mol. The normalized spacial score (nSPS) is 20.6. The highest BCUT2D eigenvalue weighted by Gasteiger charge is 2.21. The highest BCUT2D eigenvalue weighted by molar-refractivity contribution is 5.76. The quantitative estimate of drug-likeness (QED) is 0.868. The van der Waals surface area contributed by atoms with Crippen LogP contribution in [-0.2, 0) is 11.3 Å². The predicted octanol–water partition coefficient (Wildman–Crippen LogP) is 2.41. The third kappa shape index (κ3) is 2.94. The van der Waals surface area contributed by atoms with Crippen molar-refractivity contribution < 1.29 is 9.15 Å². The number of nitrogen functional groups attached to an aromatic ring is 1. The molecule has 0 amide bonds. The first-order chi connectivity index (χ1) is 9.74. The Balaban J connectivity index is 1.69. The molecule has 2 aromatic rings. The van der Waals surface area contributed by atoms with E-state index in [9.17, 15) is 0 Å². The van der Waals surface area contributed by atoms with Crippen LogP contribution in [0, 0.1) is 0 Å². The molecule has 1 aliphatic rings. The molecule has 5 heteroatoms. The van der Waals surface area contributed by atoms with E-state index in [4.69, 9.17) is 14.9 Å². The van der Waals surface area contributed by atoms with Crippen LogP contribution in [0.2, 0.25) is 0 Å². The number of likely N-dealkylation sites (tertiary alicyclic amines) is 1. The van der Waals surface area contributed by atoms with Gasteiger partial charge in [-0.3, -0.25) is 4.90 Å². The SMILES string of the molecule is CCOC1CCCN(Cc2nc3ccc(N)cc3o2)C1. The molecular formula is C15H21N3O2. The van der Waals surface area contributed by atoms with Gasteiger partial charge in [0.15, 0.2) is 5.58 Å². The van der Waals surface area contributed by atoms with Crippen LogP contribution in [0.25, 0.3) is 11.1 Å². The lowest BCUT2D eigenvalue weighted by atomic mass is 10.1. The second kappa shape index (κ2) is 5.81. The first-order valence-electron chi connectivity index (χ1n) is 7.23. The minimum Gasteiger partial charge on any atom is -0.439 e. The van der Waals surface area contributed by atoms with Gasteiger partial charge in [-0.05, 0) is 38.4 Å². The average molecular weight is 275 g/mol. The zero-order chi connectivity index (χ0) is 13.9. The molecule has 0 bridgehead atoms. The first-order valence-corrected chi connectivity index (χ1v) is 7.23. The molecule has 0 saturated carbocycles. The summed E-state index contributed by atoms with van der Waals surface area (Å²) in [5, 5.41) is 0. The Kier molecular flexibility index (Phi) is 3.89. The summed E-state index contributed by atoms with van der Waals surface area (Å²) in [6, 6.07) is 5.57. The molecule has 1 aliphatic heterocycles. The Hall–Kier alpha value is -1.59. The lowest BCUT2D eigenvalue weighted by Gasteiger charge is -2.31. The van der Waals surface area contributed by atoms with Gasteiger partial charge in [-0.1, -0.05) is 0 Å². The zero-order valence-corrected chi connectivity index (χ0v) is 11.8. The van der Waals surface area contributed by atoms with Crippen molar-refractivity contribution in [1.29, 1.82) is 0 Å². The summed E-state index contributed by atoms with van der Waals surface area (Å²) in [5.74, 6) is 0.753. The van der Waals surface area contributed by atoms with Crippen LogP contribution in [0.1, 0.15) is 25.7 Å².